The second-order valence-electron chi connectivity index (χ2n) is 4.26. The minimum atomic E-state index is 0.160. The number of hydrogen-bond donors (Lipinski definition) is 1. The van der Waals surface area contributed by atoms with Crippen molar-refractivity contribution in [3.8, 4) is 0 Å². The van der Waals surface area contributed by atoms with Gasteiger partial charge in [0, 0.05) is 38.5 Å². The van der Waals surface area contributed by atoms with Crippen molar-refractivity contribution >= 4 is 5.91 Å². The van der Waals surface area contributed by atoms with Gasteiger partial charge in [0.2, 0.25) is 5.91 Å². The van der Waals surface area contributed by atoms with Gasteiger partial charge in [-0.3, -0.25) is 4.79 Å². The predicted molar refractivity (Wildman–Crippen MR) is 58.8 cm³/mol. The molecule has 0 aliphatic carbocycles. The van der Waals surface area contributed by atoms with Crippen LogP contribution in [0.1, 0.15) is 18.6 Å². The van der Waals surface area contributed by atoms with E-state index in [2.05, 4.69) is 0 Å². The number of hydrogen-bond acceptors (Lipinski definition) is 3. The molecule has 1 aromatic heterocycles. The monoisotopic (exact) mass is 223 g/mol. The van der Waals surface area contributed by atoms with Crippen molar-refractivity contribution in [1.82, 2.24) is 4.90 Å². The molecule has 1 amide bonds. The molecule has 1 unspecified atom stereocenters. The highest BCUT2D eigenvalue weighted by atomic mass is 16.3. The van der Waals surface area contributed by atoms with Gasteiger partial charge in [-0.25, -0.2) is 0 Å². The lowest BCUT2D eigenvalue weighted by Gasteiger charge is -2.15. The third-order valence-corrected chi connectivity index (χ3v) is 3.06. The minimum Gasteiger partial charge on any atom is -0.469 e. The lowest BCUT2D eigenvalue weighted by atomic mass is 10.1. The van der Waals surface area contributed by atoms with E-state index in [1.807, 2.05) is 17.0 Å². The van der Waals surface area contributed by atoms with Crippen molar-refractivity contribution in [1.29, 1.82) is 0 Å². The van der Waals surface area contributed by atoms with Gasteiger partial charge in [-0.1, -0.05) is 0 Å². The van der Waals surface area contributed by atoms with Crippen LogP contribution in [-0.4, -0.2) is 35.6 Å². The molecular formula is C12H17NO3. The van der Waals surface area contributed by atoms with Gasteiger partial charge in [-0.2, -0.15) is 0 Å². The fraction of sp³-hybridized carbons (Fsp3) is 0.583. The van der Waals surface area contributed by atoms with E-state index in [-0.39, 0.29) is 18.4 Å². The fourth-order valence-electron chi connectivity index (χ4n) is 2.05. The van der Waals surface area contributed by atoms with E-state index in [1.165, 1.54) is 0 Å². The summed E-state index contributed by atoms with van der Waals surface area (Å²) in [6.45, 7) is 1.66. The number of amides is 1. The maximum absolute atomic E-state index is 11.8. The summed E-state index contributed by atoms with van der Waals surface area (Å²) in [6.07, 6.45) is 3.69. The summed E-state index contributed by atoms with van der Waals surface area (Å²) < 4.78 is 5.18. The van der Waals surface area contributed by atoms with Gasteiger partial charge in [0.05, 0.1) is 6.26 Å². The number of nitrogens with zero attached hydrogens (tertiary/aromatic N) is 1. The zero-order chi connectivity index (χ0) is 11.4. The van der Waals surface area contributed by atoms with E-state index in [1.54, 1.807) is 6.26 Å². The van der Waals surface area contributed by atoms with E-state index in [4.69, 9.17) is 9.52 Å². The Morgan fingerprint density at radius 2 is 2.50 bits per heavy atom. The molecule has 2 rings (SSSR count). The Morgan fingerprint density at radius 3 is 3.12 bits per heavy atom. The Hall–Kier alpha value is -1.29. The van der Waals surface area contributed by atoms with E-state index in [9.17, 15) is 4.79 Å². The number of furan rings is 1. The molecule has 1 fully saturated rings. The summed E-state index contributed by atoms with van der Waals surface area (Å²) in [4.78, 5) is 13.6. The molecule has 0 aromatic carbocycles. The van der Waals surface area contributed by atoms with Crippen LogP contribution in [0.25, 0.3) is 0 Å². The maximum Gasteiger partial charge on any atom is 0.223 e. The van der Waals surface area contributed by atoms with Gasteiger partial charge in [0.25, 0.3) is 0 Å². The van der Waals surface area contributed by atoms with Crippen molar-refractivity contribution in [2.75, 3.05) is 19.7 Å². The van der Waals surface area contributed by atoms with Gasteiger partial charge in [0.1, 0.15) is 5.76 Å². The van der Waals surface area contributed by atoms with Crippen molar-refractivity contribution in [3.63, 3.8) is 0 Å². The third-order valence-electron chi connectivity index (χ3n) is 3.06. The molecule has 1 atom stereocenters. The average Bonchev–Trinajstić information content (AvgIpc) is 2.96. The molecule has 16 heavy (non-hydrogen) atoms. The second-order valence-corrected chi connectivity index (χ2v) is 4.26. The zero-order valence-corrected chi connectivity index (χ0v) is 9.26. The van der Waals surface area contributed by atoms with Crippen LogP contribution in [0.5, 0.6) is 0 Å². The number of rotatable bonds is 4. The topological polar surface area (TPSA) is 53.7 Å². The van der Waals surface area contributed by atoms with Crippen LogP contribution in [0.4, 0.5) is 0 Å². The Kier molecular flexibility index (Phi) is 3.62. The zero-order valence-electron chi connectivity index (χ0n) is 9.26. The highest BCUT2D eigenvalue weighted by Gasteiger charge is 2.25. The number of aryl methyl sites for hydroxylation is 1. The van der Waals surface area contributed by atoms with Gasteiger partial charge in [-0.15, -0.1) is 0 Å². The van der Waals surface area contributed by atoms with Crippen LogP contribution < -0.4 is 0 Å². The summed E-state index contributed by atoms with van der Waals surface area (Å²) in [7, 11) is 0. The first-order chi connectivity index (χ1) is 7.79. The minimum absolute atomic E-state index is 0.160. The standard InChI is InChI=1S/C12H17NO3/c14-9-10-5-6-13(8-10)12(15)4-3-11-2-1-7-16-11/h1-2,7,10,14H,3-6,8-9H2. The van der Waals surface area contributed by atoms with E-state index < -0.39 is 0 Å². The largest absolute Gasteiger partial charge is 0.469 e. The summed E-state index contributed by atoms with van der Waals surface area (Å²) >= 11 is 0. The Morgan fingerprint density at radius 1 is 1.62 bits per heavy atom. The molecule has 1 aliphatic rings. The molecule has 1 saturated heterocycles. The molecule has 1 aromatic rings. The number of carbonyl (C=O) groups excluding carboxylic acids is 1. The molecule has 2 heterocycles. The van der Waals surface area contributed by atoms with Crippen LogP contribution in [-0.2, 0) is 11.2 Å². The number of likely N-dealkylation sites (tertiary alicyclic amines) is 1. The molecule has 4 heteroatoms. The Labute approximate surface area is 94.9 Å². The second kappa shape index (κ2) is 5.16. The van der Waals surface area contributed by atoms with Crippen LogP contribution in [0.2, 0.25) is 0 Å². The Balaban J connectivity index is 1.76. The van der Waals surface area contributed by atoms with Crippen LogP contribution in [0, 0.1) is 5.92 Å². The Bertz CT molecular complexity index is 334. The summed E-state index contributed by atoms with van der Waals surface area (Å²) in [6, 6.07) is 3.71. The number of aliphatic hydroxyl groups excluding tert-OH is 1. The van der Waals surface area contributed by atoms with E-state index in [0.29, 0.717) is 19.4 Å². The molecule has 0 saturated carbocycles. The quantitative estimate of drug-likeness (QED) is 0.830. The van der Waals surface area contributed by atoms with E-state index >= 15 is 0 Å². The smallest absolute Gasteiger partial charge is 0.223 e. The van der Waals surface area contributed by atoms with Crippen molar-refractivity contribution in [2.45, 2.75) is 19.3 Å². The van der Waals surface area contributed by atoms with E-state index in [0.717, 1.165) is 18.7 Å². The molecule has 0 radical (unpaired) electrons. The summed E-state index contributed by atoms with van der Waals surface area (Å²) in [5, 5.41) is 8.99. The third kappa shape index (κ3) is 2.64. The molecular weight excluding hydrogens is 206 g/mol. The van der Waals surface area contributed by atoms with Crippen LogP contribution in [0.3, 0.4) is 0 Å². The van der Waals surface area contributed by atoms with Gasteiger partial charge in [0.15, 0.2) is 0 Å². The highest BCUT2D eigenvalue weighted by Crippen LogP contribution is 2.17. The highest BCUT2D eigenvalue weighted by molar-refractivity contribution is 5.76. The number of carbonyl (C=O) groups is 1. The SMILES string of the molecule is O=C(CCc1ccco1)N1CCC(CO)C1. The average molecular weight is 223 g/mol. The van der Waals surface area contributed by atoms with Gasteiger partial charge in [-0.05, 0) is 18.6 Å². The van der Waals surface area contributed by atoms with Crippen LogP contribution in [0.15, 0.2) is 22.8 Å². The van der Waals surface area contributed by atoms with Gasteiger partial charge >= 0.3 is 0 Å². The van der Waals surface area contributed by atoms with Crippen molar-refractivity contribution in [3.05, 3.63) is 24.2 Å². The molecule has 1 N–H and O–H groups in total. The molecule has 88 valence electrons. The molecule has 0 bridgehead atoms. The first-order valence-corrected chi connectivity index (χ1v) is 5.70. The first-order valence-electron chi connectivity index (χ1n) is 5.70. The summed E-state index contributed by atoms with van der Waals surface area (Å²) in [5.41, 5.74) is 0. The fourth-order valence-corrected chi connectivity index (χ4v) is 2.05. The van der Waals surface area contributed by atoms with Crippen LogP contribution >= 0.6 is 0 Å². The summed E-state index contributed by atoms with van der Waals surface area (Å²) in [5.74, 6) is 1.28. The lowest BCUT2D eigenvalue weighted by Crippen LogP contribution is -2.29. The molecule has 1 aliphatic heterocycles. The normalized spacial score (nSPS) is 20.3. The maximum atomic E-state index is 11.8. The van der Waals surface area contributed by atoms with Crippen molar-refractivity contribution in [2.24, 2.45) is 5.92 Å². The molecule has 0 spiro atoms. The lowest BCUT2D eigenvalue weighted by molar-refractivity contribution is -0.130. The van der Waals surface area contributed by atoms with Gasteiger partial charge < -0.3 is 14.4 Å². The molecule has 4 nitrogen and oxygen atoms in total. The number of aliphatic hydroxyl groups is 1. The van der Waals surface area contributed by atoms with Crippen molar-refractivity contribution < 1.29 is 14.3 Å². The first kappa shape index (κ1) is 11.2. The predicted octanol–water partition coefficient (Wildman–Crippen LogP) is 1.05.